The van der Waals surface area contributed by atoms with E-state index in [2.05, 4.69) is 33.2 Å². The molecule has 1 aromatic heterocycles. The lowest BCUT2D eigenvalue weighted by molar-refractivity contribution is -0.130. The van der Waals surface area contributed by atoms with Gasteiger partial charge in [0.1, 0.15) is 18.0 Å². The monoisotopic (exact) mass is 345 g/mol. The fraction of sp³-hybridized carbons (Fsp3) is 0.737. The second-order valence-electron chi connectivity index (χ2n) is 7.46. The molecule has 1 N–H and O–H groups in total. The van der Waals surface area contributed by atoms with E-state index in [1.54, 1.807) is 6.33 Å². The lowest BCUT2D eigenvalue weighted by atomic mass is 9.92. The van der Waals surface area contributed by atoms with Crippen molar-refractivity contribution in [3.8, 4) is 0 Å². The molecule has 1 aliphatic carbocycles. The van der Waals surface area contributed by atoms with Crippen LogP contribution in [-0.2, 0) is 4.79 Å². The molecule has 6 nitrogen and oxygen atoms in total. The van der Waals surface area contributed by atoms with Crippen LogP contribution in [0.1, 0.15) is 51.9 Å². The SMILES string of the molecule is CCCN(C)C(=O)CCC1CCN(c2cc(NC3CC3)ncn2)CC1. The summed E-state index contributed by atoms with van der Waals surface area (Å²) in [6, 6.07) is 2.68. The van der Waals surface area contributed by atoms with Crippen molar-refractivity contribution in [1.29, 1.82) is 0 Å². The number of aromatic nitrogens is 2. The van der Waals surface area contributed by atoms with E-state index in [0.29, 0.717) is 18.4 Å². The van der Waals surface area contributed by atoms with Crippen LogP contribution in [0, 0.1) is 5.92 Å². The van der Waals surface area contributed by atoms with E-state index < -0.39 is 0 Å². The molecule has 0 atom stereocenters. The molecule has 0 spiro atoms. The summed E-state index contributed by atoms with van der Waals surface area (Å²) in [6.45, 7) is 5.01. The van der Waals surface area contributed by atoms with Crippen molar-refractivity contribution in [3.05, 3.63) is 12.4 Å². The largest absolute Gasteiger partial charge is 0.367 e. The third-order valence-corrected chi connectivity index (χ3v) is 5.27. The van der Waals surface area contributed by atoms with Crippen molar-refractivity contribution in [2.24, 2.45) is 5.92 Å². The van der Waals surface area contributed by atoms with E-state index in [4.69, 9.17) is 0 Å². The first-order valence-corrected chi connectivity index (χ1v) is 9.73. The predicted molar refractivity (Wildman–Crippen MR) is 101 cm³/mol. The molecule has 2 heterocycles. The lowest BCUT2D eigenvalue weighted by Crippen LogP contribution is -2.35. The number of piperidine rings is 1. The molecule has 3 rings (SSSR count). The van der Waals surface area contributed by atoms with Gasteiger partial charge in [0.15, 0.2) is 0 Å². The Morgan fingerprint density at radius 3 is 2.72 bits per heavy atom. The van der Waals surface area contributed by atoms with Gasteiger partial charge in [-0.05, 0) is 44.4 Å². The highest BCUT2D eigenvalue weighted by Gasteiger charge is 2.24. The summed E-state index contributed by atoms with van der Waals surface area (Å²) in [5.41, 5.74) is 0. The van der Waals surface area contributed by atoms with Gasteiger partial charge in [0.05, 0.1) is 0 Å². The summed E-state index contributed by atoms with van der Waals surface area (Å²) in [4.78, 5) is 25.1. The summed E-state index contributed by atoms with van der Waals surface area (Å²) in [7, 11) is 1.91. The molecule has 0 radical (unpaired) electrons. The molecule has 1 aromatic rings. The zero-order valence-electron chi connectivity index (χ0n) is 15.6. The minimum absolute atomic E-state index is 0.288. The maximum atomic E-state index is 12.1. The number of nitrogens with zero attached hydrogens (tertiary/aromatic N) is 4. The van der Waals surface area contributed by atoms with E-state index in [9.17, 15) is 4.79 Å². The van der Waals surface area contributed by atoms with Gasteiger partial charge >= 0.3 is 0 Å². The molecular weight excluding hydrogens is 314 g/mol. The van der Waals surface area contributed by atoms with Crippen LogP contribution in [0.15, 0.2) is 12.4 Å². The summed E-state index contributed by atoms with van der Waals surface area (Å²) in [5, 5.41) is 3.44. The Morgan fingerprint density at radius 1 is 1.28 bits per heavy atom. The average Bonchev–Trinajstić information content (AvgIpc) is 3.44. The second kappa shape index (κ2) is 8.50. The third-order valence-electron chi connectivity index (χ3n) is 5.27. The number of hydrogen-bond donors (Lipinski definition) is 1. The average molecular weight is 345 g/mol. The fourth-order valence-electron chi connectivity index (χ4n) is 3.47. The first-order chi connectivity index (χ1) is 12.2. The molecule has 1 aliphatic heterocycles. The minimum Gasteiger partial charge on any atom is -0.367 e. The van der Waals surface area contributed by atoms with Gasteiger partial charge in [-0.25, -0.2) is 9.97 Å². The summed E-state index contributed by atoms with van der Waals surface area (Å²) in [5.74, 6) is 2.91. The first-order valence-electron chi connectivity index (χ1n) is 9.73. The summed E-state index contributed by atoms with van der Waals surface area (Å²) in [6.07, 6.45) is 9.16. The van der Waals surface area contributed by atoms with Gasteiger partial charge in [0.2, 0.25) is 5.91 Å². The van der Waals surface area contributed by atoms with Gasteiger partial charge in [-0.15, -0.1) is 0 Å². The fourth-order valence-corrected chi connectivity index (χ4v) is 3.47. The third kappa shape index (κ3) is 5.31. The standard InChI is InChI=1S/C19H31N5O/c1-3-10-23(2)19(25)7-4-15-8-11-24(12-9-15)18-13-17(20-14-21-18)22-16-5-6-16/h13-16H,3-12H2,1-2H3,(H,20,21,22). The normalized spacial score (nSPS) is 18.2. The number of nitrogens with one attached hydrogen (secondary N) is 1. The summed E-state index contributed by atoms with van der Waals surface area (Å²) < 4.78 is 0. The molecule has 138 valence electrons. The van der Waals surface area contributed by atoms with Crippen molar-refractivity contribution in [2.75, 3.05) is 36.9 Å². The molecule has 1 saturated heterocycles. The maximum Gasteiger partial charge on any atom is 0.222 e. The molecule has 1 saturated carbocycles. The summed E-state index contributed by atoms with van der Waals surface area (Å²) >= 11 is 0. The van der Waals surface area contributed by atoms with Gasteiger partial charge < -0.3 is 15.1 Å². The number of carbonyl (C=O) groups excluding carboxylic acids is 1. The van der Waals surface area contributed by atoms with Gasteiger partial charge in [-0.3, -0.25) is 4.79 Å². The van der Waals surface area contributed by atoms with Crippen LogP contribution >= 0.6 is 0 Å². The van der Waals surface area contributed by atoms with Gasteiger partial charge in [-0.2, -0.15) is 0 Å². The van der Waals surface area contributed by atoms with E-state index in [-0.39, 0.29) is 5.91 Å². The van der Waals surface area contributed by atoms with Crippen LogP contribution in [0.25, 0.3) is 0 Å². The molecule has 0 aromatic carbocycles. The highest BCUT2D eigenvalue weighted by molar-refractivity contribution is 5.75. The number of anilines is 2. The number of hydrogen-bond acceptors (Lipinski definition) is 5. The Kier molecular flexibility index (Phi) is 6.10. The Hall–Kier alpha value is -1.85. The molecule has 0 unspecified atom stereocenters. The molecular formula is C19H31N5O. The molecule has 2 fully saturated rings. The van der Waals surface area contributed by atoms with Crippen LogP contribution in [-0.4, -0.2) is 53.5 Å². The molecule has 25 heavy (non-hydrogen) atoms. The van der Waals surface area contributed by atoms with Crippen molar-refractivity contribution in [2.45, 2.75) is 57.9 Å². The Balaban J connectivity index is 1.43. The Bertz CT molecular complexity index is 567. The van der Waals surface area contributed by atoms with Crippen LogP contribution in [0.2, 0.25) is 0 Å². The van der Waals surface area contributed by atoms with Crippen LogP contribution < -0.4 is 10.2 Å². The molecule has 2 aliphatic rings. The quantitative estimate of drug-likeness (QED) is 0.785. The van der Waals surface area contributed by atoms with E-state index in [1.165, 1.54) is 12.8 Å². The second-order valence-corrected chi connectivity index (χ2v) is 7.46. The van der Waals surface area contributed by atoms with E-state index >= 15 is 0 Å². The van der Waals surface area contributed by atoms with Crippen molar-refractivity contribution < 1.29 is 4.79 Å². The van der Waals surface area contributed by atoms with Crippen molar-refractivity contribution in [3.63, 3.8) is 0 Å². The lowest BCUT2D eigenvalue weighted by Gasteiger charge is -2.33. The van der Waals surface area contributed by atoms with Gasteiger partial charge in [0.25, 0.3) is 0 Å². The number of carbonyl (C=O) groups is 1. The Morgan fingerprint density at radius 2 is 2.04 bits per heavy atom. The smallest absolute Gasteiger partial charge is 0.222 e. The topological polar surface area (TPSA) is 61.4 Å². The predicted octanol–water partition coefficient (Wildman–Crippen LogP) is 2.92. The Labute approximate surface area is 151 Å². The zero-order chi connectivity index (χ0) is 17.6. The minimum atomic E-state index is 0.288. The molecule has 1 amide bonds. The van der Waals surface area contributed by atoms with Gasteiger partial charge in [0, 0.05) is 45.2 Å². The molecule has 6 heteroatoms. The van der Waals surface area contributed by atoms with Crippen LogP contribution in [0.3, 0.4) is 0 Å². The van der Waals surface area contributed by atoms with Gasteiger partial charge in [-0.1, -0.05) is 6.92 Å². The van der Waals surface area contributed by atoms with Crippen molar-refractivity contribution in [1.82, 2.24) is 14.9 Å². The van der Waals surface area contributed by atoms with E-state index in [1.807, 2.05) is 11.9 Å². The highest BCUT2D eigenvalue weighted by Crippen LogP contribution is 2.28. The van der Waals surface area contributed by atoms with Crippen LogP contribution in [0.5, 0.6) is 0 Å². The number of amides is 1. The zero-order valence-corrected chi connectivity index (χ0v) is 15.6. The first kappa shape index (κ1) is 18.0. The van der Waals surface area contributed by atoms with Crippen molar-refractivity contribution >= 4 is 17.5 Å². The number of rotatable bonds is 8. The van der Waals surface area contributed by atoms with E-state index in [0.717, 1.165) is 57.0 Å². The highest BCUT2D eigenvalue weighted by atomic mass is 16.2. The molecule has 0 bridgehead atoms. The maximum absolute atomic E-state index is 12.1. The van der Waals surface area contributed by atoms with Crippen LogP contribution in [0.4, 0.5) is 11.6 Å².